The Kier molecular flexibility index (Phi) is 3.69. The molecule has 4 nitrogen and oxygen atoms in total. The van der Waals surface area contributed by atoms with Crippen molar-refractivity contribution in [1.29, 1.82) is 0 Å². The summed E-state index contributed by atoms with van der Waals surface area (Å²) in [6.07, 6.45) is 4.46. The Hall–Kier alpha value is -1.71. The maximum Gasteiger partial charge on any atom is 0.337 e. The van der Waals surface area contributed by atoms with Crippen LogP contribution in [0.4, 0.5) is 11.4 Å². The molecule has 0 bridgehead atoms. The first-order chi connectivity index (χ1) is 8.87. The average Bonchev–Trinajstić information content (AvgIpc) is 2.31. The summed E-state index contributed by atoms with van der Waals surface area (Å²) in [5.41, 5.74) is 7.66. The molecule has 1 aromatic carbocycles. The molecule has 0 heterocycles. The molecule has 0 atom stereocenters. The zero-order valence-electron chi connectivity index (χ0n) is 11.6. The summed E-state index contributed by atoms with van der Waals surface area (Å²) in [5.74, 6) is -0.918. The number of carboxylic acids is 1. The van der Waals surface area contributed by atoms with Crippen LogP contribution < -0.4 is 11.1 Å². The molecule has 0 radical (unpaired) electrons. The van der Waals surface area contributed by atoms with Gasteiger partial charge in [-0.1, -0.05) is 13.8 Å². The van der Waals surface area contributed by atoms with Crippen LogP contribution in [0.5, 0.6) is 0 Å². The molecule has 0 amide bonds. The van der Waals surface area contributed by atoms with E-state index >= 15 is 0 Å². The van der Waals surface area contributed by atoms with E-state index in [-0.39, 0.29) is 0 Å². The fraction of sp³-hybridized carbons (Fsp3) is 0.533. The van der Waals surface area contributed by atoms with Crippen molar-refractivity contribution in [3.63, 3.8) is 0 Å². The van der Waals surface area contributed by atoms with Gasteiger partial charge in [-0.05, 0) is 49.3 Å². The number of benzene rings is 1. The first-order valence-electron chi connectivity index (χ1n) is 6.77. The van der Waals surface area contributed by atoms with Gasteiger partial charge in [0.25, 0.3) is 0 Å². The van der Waals surface area contributed by atoms with E-state index in [0.29, 0.717) is 28.4 Å². The van der Waals surface area contributed by atoms with Gasteiger partial charge in [0.1, 0.15) is 0 Å². The third kappa shape index (κ3) is 3.40. The Balaban J connectivity index is 2.11. The van der Waals surface area contributed by atoms with Gasteiger partial charge in [0.2, 0.25) is 0 Å². The van der Waals surface area contributed by atoms with E-state index in [0.717, 1.165) is 25.7 Å². The number of aromatic carboxylic acids is 1. The predicted molar refractivity (Wildman–Crippen MR) is 77.5 cm³/mol. The number of rotatable bonds is 3. The third-order valence-electron chi connectivity index (χ3n) is 3.97. The molecule has 19 heavy (non-hydrogen) atoms. The molecule has 1 fully saturated rings. The van der Waals surface area contributed by atoms with E-state index < -0.39 is 5.97 Å². The number of nitrogen functional groups attached to an aromatic ring is 1. The molecule has 104 valence electrons. The van der Waals surface area contributed by atoms with E-state index in [4.69, 9.17) is 5.73 Å². The minimum atomic E-state index is -0.918. The SMILES string of the molecule is CC1(C)CCC(Nc2cc(N)ccc2C(=O)O)CC1. The number of hydrogen-bond donors (Lipinski definition) is 3. The van der Waals surface area contributed by atoms with Crippen molar-refractivity contribution in [3.8, 4) is 0 Å². The molecule has 0 unspecified atom stereocenters. The fourth-order valence-corrected chi connectivity index (χ4v) is 2.63. The van der Waals surface area contributed by atoms with Gasteiger partial charge >= 0.3 is 5.97 Å². The fourth-order valence-electron chi connectivity index (χ4n) is 2.63. The summed E-state index contributed by atoms with van der Waals surface area (Å²) < 4.78 is 0. The number of anilines is 2. The number of carboxylic acid groups (broad SMARTS) is 1. The van der Waals surface area contributed by atoms with Crippen LogP contribution in [0, 0.1) is 5.41 Å². The van der Waals surface area contributed by atoms with E-state index in [1.165, 1.54) is 0 Å². The van der Waals surface area contributed by atoms with Crippen LogP contribution in [0.3, 0.4) is 0 Å². The quantitative estimate of drug-likeness (QED) is 0.730. The first kappa shape index (κ1) is 13.7. The minimum absolute atomic E-state index is 0.291. The van der Waals surface area contributed by atoms with Gasteiger partial charge in [0.05, 0.1) is 11.3 Å². The largest absolute Gasteiger partial charge is 0.478 e. The molecule has 0 aromatic heterocycles. The van der Waals surface area contributed by atoms with Crippen molar-refractivity contribution in [2.75, 3.05) is 11.1 Å². The molecule has 1 aromatic rings. The lowest BCUT2D eigenvalue weighted by molar-refractivity contribution is 0.0698. The maximum absolute atomic E-state index is 11.2. The van der Waals surface area contributed by atoms with E-state index in [2.05, 4.69) is 19.2 Å². The summed E-state index contributed by atoms with van der Waals surface area (Å²) in [4.78, 5) is 11.2. The van der Waals surface area contributed by atoms with Crippen LogP contribution in [0.2, 0.25) is 0 Å². The number of nitrogens with one attached hydrogen (secondary N) is 1. The first-order valence-corrected chi connectivity index (χ1v) is 6.77. The molecule has 1 aliphatic rings. The van der Waals surface area contributed by atoms with Gasteiger partial charge in [-0.25, -0.2) is 4.79 Å². The van der Waals surface area contributed by atoms with Crippen molar-refractivity contribution in [1.82, 2.24) is 0 Å². The zero-order chi connectivity index (χ0) is 14.0. The molecule has 0 spiro atoms. The molecule has 4 N–H and O–H groups in total. The van der Waals surface area contributed by atoms with Crippen molar-refractivity contribution in [3.05, 3.63) is 23.8 Å². The molecular weight excluding hydrogens is 240 g/mol. The lowest BCUT2D eigenvalue weighted by Crippen LogP contribution is -2.30. The summed E-state index contributed by atoms with van der Waals surface area (Å²) in [6.45, 7) is 4.57. The number of carbonyl (C=O) groups is 1. The Morgan fingerprint density at radius 1 is 1.37 bits per heavy atom. The lowest BCUT2D eigenvalue weighted by Gasteiger charge is -2.35. The Morgan fingerprint density at radius 2 is 2.00 bits per heavy atom. The summed E-state index contributed by atoms with van der Waals surface area (Å²) >= 11 is 0. The van der Waals surface area contributed by atoms with Gasteiger partial charge < -0.3 is 16.2 Å². The minimum Gasteiger partial charge on any atom is -0.478 e. The summed E-state index contributed by atoms with van der Waals surface area (Å²) in [5, 5.41) is 12.5. The Bertz CT molecular complexity index is 473. The molecule has 0 aliphatic heterocycles. The van der Waals surface area contributed by atoms with Crippen LogP contribution >= 0.6 is 0 Å². The highest BCUT2D eigenvalue weighted by atomic mass is 16.4. The molecular formula is C15H22N2O2. The van der Waals surface area contributed by atoms with Crippen molar-refractivity contribution >= 4 is 17.3 Å². The van der Waals surface area contributed by atoms with Gasteiger partial charge in [0.15, 0.2) is 0 Å². The van der Waals surface area contributed by atoms with E-state index in [9.17, 15) is 9.90 Å². The van der Waals surface area contributed by atoms with Gasteiger partial charge in [0, 0.05) is 11.7 Å². The second-order valence-corrected chi connectivity index (χ2v) is 6.19. The third-order valence-corrected chi connectivity index (χ3v) is 3.97. The Morgan fingerprint density at radius 3 is 2.58 bits per heavy atom. The maximum atomic E-state index is 11.2. The average molecular weight is 262 g/mol. The predicted octanol–water partition coefficient (Wildman–Crippen LogP) is 3.35. The molecule has 4 heteroatoms. The van der Waals surface area contributed by atoms with Crippen LogP contribution in [0.15, 0.2) is 18.2 Å². The highest BCUT2D eigenvalue weighted by Crippen LogP contribution is 2.36. The smallest absolute Gasteiger partial charge is 0.337 e. The molecule has 1 saturated carbocycles. The lowest BCUT2D eigenvalue weighted by atomic mass is 9.75. The van der Waals surface area contributed by atoms with Crippen LogP contribution in [-0.4, -0.2) is 17.1 Å². The summed E-state index contributed by atoms with van der Waals surface area (Å²) in [6, 6.07) is 5.24. The van der Waals surface area contributed by atoms with E-state index in [1.54, 1.807) is 18.2 Å². The molecule has 1 aliphatic carbocycles. The normalized spacial score (nSPS) is 19.1. The van der Waals surface area contributed by atoms with Gasteiger partial charge in [-0.2, -0.15) is 0 Å². The topological polar surface area (TPSA) is 75.3 Å². The van der Waals surface area contributed by atoms with Gasteiger partial charge in [-0.15, -0.1) is 0 Å². The number of nitrogens with two attached hydrogens (primary N) is 1. The van der Waals surface area contributed by atoms with Crippen LogP contribution in [0.1, 0.15) is 49.9 Å². The Labute approximate surface area is 114 Å². The summed E-state index contributed by atoms with van der Waals surface area (Å²) in [7, 11) is 0. The highest BCUT2D eigenvalue weighted by molar-refractivity contribution is 5.95. The van der Waals surface area contributed by atoms with E-state index in [1.807, 2.05) is 0 Å². The van der Waals surface area contributed by atoms with Crippen molar-refractivity contribution in [2.24, 2.45) is 5.41 Å². The van der Waals surface area contributed by atoms with Crippen LogP contribution in [0.25, 0.3) is 0 Å². The highest BCUT2D eigenvalue weighted by Gasteiger charge is 2.27. The monoisotopic (exact) mass is 262 g/mol. The van der Waals surface area contributed by atoms with Crippen molar-refractivity contribution < 1.29 is 9.90 Å². The standard InChI is InChI=1S/C15H22N2O2/c1-15(2)7-5-11(6-8-15)17-13-9-10(16)3-4-12(13)14(18)19/h3-4,9,11,17H,5-8,16H2,1-2H3,(H,18,19). The zero-order valence-corrected chi connectivity index (χ0v) is 11.6. The molecule has 2 rings (SSSR count). The van der Waals surface area contributed by atoms with Crippen LogP contribution in [-0.2, 0) is 0 Å². The number of hydrogen-bond acceptors (Lipinski definition) is 3. The molecule has 0 saturated heterocycles. The second kappa shape index (κ2) is 5.11. The van der Waals surface area contributed by atoms with Gasteiger partial charge in [-0.3, -0.25) is 0 Å². The second-order valence-electron chi connectivity index (χ2n) is 6.19. The van der Waals surface area contributed by atoms with Crippen molar-refractivity contribution in [2.45, 2.75) is 45.6 Å².